The van der Waals surface area contributed by atoms with E-state index >= 15 is 0 Å². The fourth-order valence-corrected chi connectivity index (χ4v) is 3.27. The van der Waals surface area contributed by atoms with Crippen LogP contribution < -0.4 is 0 Å². The molecule has 0 amide bonds. The van der Waals surface area contributed by atoms with E-state index in [1.807, 2.05) is 0 Å². The summed E-state index contributed by atoms with van der Waals surface area (Å²) in [6.07, 6.45) is -8.74. The highest BCUT2D eigenvalue weighted by Gasteiger charge is 2.35. The summed E-state index contributed by atoms with van der Waals surface area (Å²) in [5, 5.41) is 0. The van der Waals surface area contributed by atoms with Crippen molar-refractivity contribution in [2.45, 2.75) is 19.3 Å². The van der Waals surface area contributed by atoms with Crippen LogP contribution in [0.5, 0.6) is 0 Å². The Morgan fingerprint density at radius 2 is 1.38 bits per heavy atom. The van der Waals surface area contributed by atoms with Crippen LogP contribution in [0.15, 0.2) is 66.9 Å². The Hall–Kier alpha value is -3.82. The van der Waals surface area contributed by atoms with Gasteiger partial charge in [0.15, 0.2) is 5.82 Å². The molecule has 4 rings (SSSR count). The lowest BCUT2D eigenvalue weighted by Gasteiger charge is -2.12. The Balaban J connectivity index is 1.84. The van der Waals surface area contributed by atoms with Crippen LogP contribution >= 0.6 is 0 Å². The van der Waals surface area contributed by atoms with Gasteiger partial charge in [-0.05, 0) is 48.9 Å². The molecule has 4 aromatic rings. The zero-order valence-corrected chi connectivity index (χ0v) is 17.3. The molecule has 0 radical (unpaired) electrons. The average Bonchev–Trinajstić information content (AvgIpc) is 2.79. The van der Waals surface area contributed by atoms with Crippen LogP contribution in [-0.4, -0.2) is 15.0 Å². The number of hydrogen-bond donors (Lipinski definition) is 0. The monoisotopic (exact) mass is 477 g/mol. The number of alkyl halides is 6. The van der Waals surface area contributed by atoms with Crippen molar-refractivity contribution in [3.8, 4) is 33.8 Å². The number of pyridine rings is 1. The van der Waals surface area contributed by atoms with Crippen LogP contribution in [0.4, 0.5) is 30.7 Å². The first kappa shape index (κ1) is 23.3. The summed E-state index contributed by atoms with van der Waals surface area (Å²) in [4.78, 5) is 11.0. The highest BCUT2D eigenvalue weighted by molar-refractivity contribution is 5.72. The molecule has 0 bridgehead atoms. The number of nitrogens with zero attached hydrogens (tertiary/aromatic N) is 3. The van der Waals surface area contributed by atoms with E-state index in [4.69, 9.17) is 0 Å². The maximum Gasteiger partial charge on any atom is 0.433 e. The van der Waals surface area contributed by atoms with E-state index in [-0.39, 0.29) is 28.2 Å². The van der Waals surface area contributed by atoms with Gasteiger partial charge in [0.25, 0.3) is 0 Å². The minimum absolute atomic E-state index is 0.0527. The number of aromatic nitrogens is 3. The first-order valence-electron chi connectivity index (χ1n) is 9.79. The van der Waals surface area contributed by atoms with Crippen LogP contribution in [-0.2, 0) is 12.4 Å². The smallest absolute Gasteiger partial charge is 0.251 e. The minimum Gasteiger partial charge on any atom is -0.251 e. The predicted molar refractivity (Wildman–Crippen MR) is 111 cm³/mol. The summed E-state index contributed by atoms with van der Waals surface area (Å²) in [5.74, 6) is -0.830. The summed E-state index contributed by atoms with van der Waals surface area (Å²) >= 11 is 0. The lowest BCUT2D eigenvalue weighted by molar-refractivity contribution is -0.141. The number of aryl methyl sites for hydroxylation is 1. The molecule has 0 atom stereocenters. The molecule has 0 N–H and O–H groups in total. The lowest BCUT2D eigenvalue weighted by Crippen LogP contribution is -2.11. The highest BCUT2D eigenvalue weighted by atomic mass is 19.4. The quantitative estimate of drug-likeness (QED) is 0.290. The summed E-state index contributed by atoms with van der Waals surface area (Å²) in [7, 11) is 0. The first-order valence-corrected chi connectivity index (χ1v) is 9.79. The molecule has 0 aliphatic carbocycles. The molecule has 2 aromatic heterocycles. The molecule has 0 unspecified atom stereocenters. The molecule has 174 valence electrons. The van der Waals surface area contributed by atoms with E-state index in [0.29, 0.717) is 17.7 Å². The third kappa shape index (κ3) is 4.90. The van der Waals surface area contributed by atoms with Crippen LogP contribution in [0, 0.1) is 12.7 Å². The Kier molecular flexibility index (Phi) is 5.84. The van der Waals surface area contributed by atoms with Gasteiger partial charge in [0.2, 0.25) is 0 Å². The van der Waals surface area contributed by atoms with Crippen molar-refractivity contribution in [1.29, 1.82) is 0 Å². The third-order valence-corrected chi connectivity index (χ3v) is 4.92. The van der Waals surface area contributed by atoms with Crippen molar-refractivity contribution in [1.82, 2.24) is 15.0 Å². The minimum atomic E-state index is -4.84. The van der Waals surface area contributed by atoms with Crippen LogP contribution in [0.2, 0.25) is 0 Å². The summed E-state index contributed by atoms with van der Waals surface area (Å²) in [6, 6.07) is 12.8. The van der Waals surface area contributed by atoms with Gasteiger partial charge in [0, 0.05) is 22.9 Å². The van der Waals surface area contributed by atoms with Gasteiger partial charge < -0.3 is 0 Å². The van der Waals surface area contributed by atoms with Crippen LogP contribution in [0.25, 0.3) is 33.8 Å². The fraction of sp³-hybridized carbons (Fsp3) is 0.125. The molecular weight excluding hydrogens is 463 g/mol. The molecule has 2 heterocycles. The molecule has 0 fully saturated rings. The molecular formula is C24H14F7N3. The summed E-state index contributed by atoms with van der Waals surface area (Å²) in [5.41, 5.74) is -1.17. The van der Waals surface area contributed by atoms with Crippen molar-refractivity contribution in [3.63, 3.8) is 0 Å². The summed E-state index contributed by atoms with van der Waals surface area (Å²) in [6.45, 7) is 1.77. The molecule has 3 nitrogen and oxygen atoms in total. The molecule has 0 spiro atoms. The Labute approximate surface area is 189 Å². The highest BCUT2D eigenvalue weighted by Crippen LogP contribution is 2.34. The SMILES string of the molecule is Cc1ccc(F)c(-c2cccc(-c3nc(-c4ccc(C(F)(F)F)nc4)cc(C(F)(F)F)n3)c2)c1. The van der Waals surface area contributed by atoms with E-state index in [0.717, 1.165) is 17.8 Å². The topological polar surface area (TPSA) is 38.7 Å². The van der Waals surface area contributed by atoms with Crippen LogP contribution in [0.3, 0.4) is 0 Å². The second-order valence-electron chi connectivity index (χ2n) is 7.45. The van der Waals surface area contributed by atoms with E-state index in [1.165, 1.54) is 24.3 Å². The Morgan fingerprint density at radius 3 is 2.03 bits per heavy atom. The van der Waals surface area contributed by atoms with Crippen LogP contribution in [0.1, 0.15) is 17.0 Å². The van der Waals surface area contributed by atoms with Crippen molar-refractivity contribution in [2.75, 3.05) is 0 Å². The van der Waals surface area contributed by atoms with Gasteiger partial charge in [0.1, 0.15) is 17.2 Å². The molecule has 0 saturated carbocycles. The zero-order valence-electron chi connectivity index (χ0n) is 17.3. The summed E-state index contributed by atoms with van der Waals surface area (Å²) < 4.78 is 93.3. The van der Waals surface area contributed by atoms with Crippen molar-refractivity contribution >= 4 is 0 Å². The normalized spacial score (nSPS) is 12.1. The zero-order chi connectivity index (χ0) is 24.7. The van der Waals surface area contributed by atoms with Gasteiger partial charge in [-0.2, -0.15) is 26.3 Å². The molecule has 10 heteroatoms. The Bertz CT molecular complexity index is 1340. The number of benzene rings is 2. The lowest BCUT2D eigenvalue weighted by atomic mass is 10.0. The van der Waals surface area contributed by atoms with Gasteiger partial charge in [-0.1, -0.05) is 29.8 Å². The fourth-order valence-electron chi connectivity index (χ4n) is 3.27. The van der Waals surface area contributed by atoms with E-state index in [2.05, 4.69) is 15.0 Å². The van der Waals surface area contributed by atoms with Crippen molar-refractivity contribution < 1.29 is 30.7 Å². The Morgan fingerprint density at radius 1 is 0.676 bits per heavy atom. The van der Waals surface area contributed by atoms with Gasteiger partial charge in [-0.15, -0.1) is 0 Å². The van der Waals surface area contributed by atoms with Gasteiger partial charge in [-0.3, -0.25) is 4.98 Å². The molecule has 34 heavy (non-hydrogen) atoms. The average molecular weight is 477 g/mol. The van der Waals surface area contributed by atoms with E-state index in [1.54, 1.807) is 25.1 Å². The van der Waals surface area contributed by atoms with E-state index in [9.17, 15) is 30.7 Å². The molecule has 2 aromatic carbocycles. The van der Waals surface area contributed by atoms with Crippen molar-refractivity contribution in [3.05, 3.63) is 89.6 Å². The van der Waals surface area contributed by atoms with Gasteiger partial charge >= 0.3 is 12.4 Å². The maximum absolute atomic E-state index is 14.3. The second-order valence-corrected chi connectivity index (χ2v) is 7.45. The second kappa shape index (κ2) is 8.51. The van der Waals surface area contributed by atoms with E-state index < -0.39 is 29.6 Å². The number of rotatable bonds is 3. The van der Waals surface area contributed by atoms with Crippen molar-refractivity contribution in [2.24, 2.45) is 0 Å². The largest absolute Gasteiger partial charge is 0.433 e. The van der Waals surface area contributed by atoms with Gasteiger partial charge in [0.05, 0.1) is 5.69 Å². The third-order valence-electron chi connectivity index (χ3n) is 4.92. The standard InChI is InChI=1S/C24H14F7N3/c1-13-5-7-18(25)17(9-13)14-3-2-4-15(10-14)22-33-19(11-21(34-22)24(29,30)31)16-6-8-20(32-12-16)23(26,27)28/h2-12H,1H3. The molecule has 0 aliphatic rings. The first-order chi connectivity index (χ1) is 15.9. The van der Waals surface area contributed by atoms with Gasteiger partial charge in [-0.25, -0.2) is 14.4 Å². The molecule has 0 saturated heterocycles. The maximum atomic E-state index is 14.3. The number of hydrogen-bond acceptors (Lipinski definition) is 3. The number of halogens is 7. The predicted octanol–water partition coefficient (Wildman–Crippen LogP) is 7.36. The molecule has 0 aliphatic heterocycles.